The Labute approximate surface area is 84.9 Å². The van der Waals surface area contributed by atoms with Gasteiger partial charge in [-0.1, -0.05) is 6.92 Å². The lowest BCUT2D eigenvalue weighted by atomic mass is 9.99. The van der Waals surface area contributed by atoms with Crippen LogP contribution in [0.4, 0.5) is 0 Å². The maximum Gasteiger partial charge on any atom is 0.303 e. The molecule has 0 aromatic carbocycles. The normalized spacial score (nSPS) is 12.8. The maximum absolute atomic E-state index is 10.5. The second-order valence-corrected chi connectivity index (χ2v) is 3.84. The van der Waals surface area contributed by atoms with Gasteiger partial charge in [-0.15, -0.1) is 0 Å². The summed E-state index contributed by atoms with van der Waals surface area (Å²) < 4.78 is 5.89. The highest BCUT2D eigenvalue weighted by molar-refractivity contribution is 9.10. The number of carboxylic acids is 1. The van der Waals surface area contributed by atoms with E-state index >= 15 is 0 Å². The number of carboxylic acid groups (broad SMARTS) is 1. The summed E-state index contributed by atoms with van der Waals surface area (Å²) in [5.74, 6) is -0.0163. The smallest absolute Gasteiger partial charge is 0.303 e. The second-order valence-electron chi connectivity index (χ2n) is 3.06. The topological polar surface area (TPSA) is 50.4 Å². The van der Waals surface area contributed by atoms with E-state index in [0.29, 0.717) is 4.67 Å². The number of carbonyl (C=O) groups is 1. The van der Waals surface area contributed by atoms with Gasteiger partial charge in [-0.05, 0) is 40.4 Å². The van der Waals surface area contributed by atoms with Gasteiger partial charge in [0.1, 0.15) is 5.76 Å². The quantitative estimate of drug-likeness (QED) is 0.893. The molecule has 1 aromatic rings. The van der Waals surface area contributed by atoms with Crippen molar-refractivity contribution in [3.63, 3.8) is 0 Å². The van der Waals surface area contributed by atoms with E-state index in [0.717, 1.165) is 11.3 Å². The van der Waals surface area contributed by atoms with Gasteiger partial charge in [0.2, 0.25) is 0 Å². The van der Waals surface area contributed by atoms with Gasteiger partial charge in [-0.25, -0.2) is 0 Å². The van der Waals surface area contributed by atoms with Gasteiger partial charge in [0.15, 0.2) is 4.67 Å². The summed E-state index contributed by atoms with van der Waals surface area (Å²) in [5.41, 5.74) is 0.953. The van der Waals surface area contributed by atoms with Crippen molar-refractivity contribution in [1.29, 1.82) is 0 Å². The molecule has 3 nitrogen and oxygen atoms in total. The van der Waals surface area contributed by atoms with E-state index in [9.17, 15) is 4.79 Å². The molecule has 13 heavy (non-hydrogen) atoms. The van der Waals surface area contributed by atoms with Crippen LogP contribution in [0.5, 0.6) is 0 Å². The minimum Gasteiger partial charge on any atom is -0.481 e. The standard InChI is InChI=1S/C9H11BrO3/c1-5(3-9(11)12)7-4-8(10)13-6(7)2/h4-5H,3H2,1-2H3,(H,11,12). The van der Waals surface area contributed by atoms with Crippen molar-refractivity contribution < 1.29 is 14.3 Å². The van der Waals surface area contributed by atoms with E-state index in [2.05, 4.69) is 15.9 Å². The first-order chi connectivity index (χ1) is 6.00. The summed E-state index contributed by atoms with van der Waals surface area (Å²) in [4.78, 5) is 10.5. The molecule has 0 aliphatic rings. The molecule has 0 aliphatic heterocycles. The van der Waals surface area contributed by atoms with E-state index in [-0.39, 0.29) is 12.3 Å². The van der Waals surface area contributed by atoms with Gasteiger partial charge in [0.05, 0.1) is 6.42 Å². The first-order valence-electron chi connectivity index (χ1n) is 3.98. The van der Waals surface area contributed by atoms with Crippen molar-refractivity contribution in [3.05, 3.63) is 22.1 Å². The fourth-order valence-electron chi connectivity index (χ4n) is 1.32. The van der Waals surface area contributed by atoms with Gasteiger partial charge in [0, 0.05) is 0 Å². The predicted octanol–water partition coefficient (Wildman–Crippen LogP) is 2.93. The van der Waals surface area contributed by atoms with E-state index in [4.69, 9.17) is 9.52 Å². The van der Waals surface area contributed by atoms with Crippen LogP contribution in [-0.2, 0) is 4.79 Å². The molecule has 72 valence electrons. The van der Waals surface area contributed by atoms with Crippen LogP contribution < -0.4 is 0 Å². The molecular formula is C9H11BrO3. The predicted molar refractivity (Wildman–Crippen MR) is 51.8 cm³/mol. The van der Waals surface area contributed by atoms with Crippen LogP contribution >= 0.6 is 15.9 Å². The SMILES string of the molecule is Cc1oc(Br)cc1C(C)CC(=O)O. The van der Waals surface area contributed by atoms with Crippen molar-refractivity contribution in [2.45, 2.75) is 26.2 Å². The van der Waals surface area contributed by atoms with Crippen LogP contribution in [-0.4, -0.2) is 11.1 Å². The minimum atomic E-state index is -0.788. The molecule has 4 heteroatoms. The van der Waals surface area contributed by atoms with Crippen molar-refractivity contribution in [2.75, 3.05) is 0 Å². The third kappa shape index (κ3) is 2.59. The molecule has 1 heterocycles. The first kappa shape index (κ1) is 10.3. The third-order valence-corrected chi connectivity index (χ3v) is 2.33. The molecule has 1 unspecified atom stereocenters. The molecule has 1 atom stereocenters. The lowest BCUT2D eigenvalue weighted by Crippen LogP contribution is -2.02. The monoisotopic (exact) mass is 246 g/mol. The zero-order valence-electron chi connectivity index (χ0n) is 7.50. The lowest BCUT2D eigenvalue weighted by Gasteiger charge is -2.05. The van der Waals surface area contributed by atoms with E-state index in [1.807, 2.05) is 19.9 Å². The Morgan fingerprint density at radius 3 is 2.77 bits per heavy atom. The highest BCUT2D eigenvalue weighted by atomic mass is 79.9. The number of hydrogen-bond acceptors (Lipinski definition) is 2. The number of aryl methyl sites for hydroxylation is 1. The highest BCUT2D eigenvalue weighted by Crippen LogP contribution is 2.28. The summed E-state index contributed by atoms with van der Waals surface area (Å²) in [6, 6.07) is 1.82. The highest BCUT2D eigenvalue weighted by Gasteiger charge is 2.15. The van der Waals surface area contributed by atoms with Crippen LogP contribution in [0.25, 0.3) is 0 Å². The van der Waals surface area contributed by atoms with Gasteiger partial charge >= 0.3 is 5.97 Å². The Kier molecular flexibility index (Phi) is 3.14. The molecular weight excluding hydrogens is 236 g/mol. The molecule has 0 saturated heterocycles. The van der Waals surface area contributed by atoms with Crippen molar-refractivity contribution in [1.82, 2.24) is 0 Å². The summed E-state index contributed by atoms with van der Waals surface area (Å²) in [6.45, 7) is 3.71. The second kappa shape index (κ2) is 3.96. The number of rotatable bonds is 3. The number of aliphatic carboxylic acids is 1. The fourth-order valence-corrected chi connectivity index (χ4v) is 1.81. The average molecular weight is 247 g/mol. The number of halogens is 1. The summed E-state index contributed by atoms with van der Waals surface area (Å²) in [7, 11) is 0. The average Bonchev–Trinajstić information content (AvgIpc) is 2.28. The van der Waals surface area contributed by atoms with E-state index in [1.165, 1.54) is 0 Å². The Bertz CT molecular complexity index is 317. The first-order valence-corrected chi connectivity index (χ1v) is 4.77. The molecule has 0 aliphatic carbocycles. The van der Waals surface area contributed by atoms with Crippen molar-refractivity contribution >= 4 is 21.9 Å². The van der Waals surface area contributed by atoms with E-state index in [1.54, 1.807) is 0 Å². The molecule has 1 N–H and O–H groups in total. The minimum absolute atomic E-state index is 0.00690. The molecule has 0 spiro atoms. The largest absolute Gasteiger partial charge is 0.481 e. The Morgan fingerprint density at radius 2 is 2.38 bits per heavy atom. The molecule has 0 fully saturated rings. The Hall–Kier alpha value is -0.770. The zero-order valence-corrected chi connectivity index (χ0v) is 9.09. The van der Waals surface area contributed by atoms with Crippen LogP contribution in [0.3, 0.4) is 0 Å². The van der Waals surface area contributed by atoms with Crippen molar-refractivity contribution in [3.8, 4) is 0 Å². The van der Waals surface area contributed by atoms with Gasteiger partial charge < -0.3 is 9.52 Å². The van der Waals surface area contributed by atoms with Gasteiger partial charge in [-0.3, -0.25) is 4.79 Å². The molecule has 0 radical (unpaired) electrons. The lowest BCUT2D eigenvalue weighted by molar-refractivity contribution is -0.137. The van der Waals surface area contributed by atoms with Crippen LogP contribution in [0.2, 0.25) is 0 Å². The van der Waals surface area contributed by atoms with E-state index < -0.39 is 5.97 Å². The van der Waals surface area contributed by atoms with Crippen LogP contribution in [0, 0.1) is 6.92 Å². The molecule has 1 rings (SSSR count). The zero-order chi connectivity index (χ0) is 10.0. The number of furan rings is 1. The fraction of sp³-hybridized carbons (Fsp3) is 0.444. The molecule has 0 amide bonds. The van der Waals surface area contributed by atoms with Crippen LogP contribution in [0.1, 0.15) is 30.6 Å². The summed E-state index contributed by atoms with van der Waals surface area (Å²) in [5, 5.41) is 8.60. The van der Waals surface area contributed by atoms with Crippen LogP contribution in [0.15, 0.2) is 15.2 Å². The summed E-state index contributed by atoms with van der Waals surface area (Å²) >= 11 is 3.20. The van der Waals surface area contributed by atoms with Gasteiger partial charge in [-0.2, -0.15) is 0 Å². The summed E-state index contributed by atoms with van der Waals surface area (Å²) in [6.07, 6.45) is 0.132. The number of hydrogen-bond donors (Lipinski definition) is 1. The Morgan fingerprint density at radius 1 is 1.77 bits per heavy atom. The molecule has 0 saturated carbocycles. The molecule has 1 aromatic heterocycles. The van der Waals surface area contributed by atoms with Crippen molar-refractivity contribution in [2.24, 2.45) is 0 Å². The third-order valence-electron chi connectivity index (χ3n) is 1.94. The molecule has 0 bridgehead atoms. The maximum atomic E-state index is 10.5. The Balaban J connectivity index is 2.81. The van der Waals surface area contributed by atoms with Gasteiger partial charge in [0.25, 0.3) is 0 Å².